The number of carbonyl (C=O) groups excluding carboxylic acids is 3. The highest BCUT2D eigenvalue weighted by atomic mass is 16.6. The highest BCUT2D eigenvalue weighted by molar-refractivity contribution is 5.71. The van der Waals surface area contributed by atoms with Crippen molar-refractivity contribution in [1.82, 2.24) is 0 Å². The molecule has 0 amide bonds. The molecule has 0 saturated heterocycles. The molecular formula is C76H134O6. The van der Waals surface area contributed by atoms with Crippen LogP contribution in [0.5, 0.6) is 0 Å². The first-order valence-corrected chi connectivity index (χ1v) is 35.6. The molecular weight excluding hydrogens is 1010 g/mol. The van der Waals surface area contributed by atoms with E-state index in [0.29, 0.717) is 19.3 Å². The van der Waals surface area contributed by atoms with E-state index < -0.39 is 6.10 Å². The summed E-state index contributed by atoms with van der Waals surface area (Å²) in [5.74, 6) is -0.897. The largest absolute Gasteiger partial charge is 0.462 e. The fourth-order valence-corrected chi connectivity index (χ4v) is 10.3. The molecule has 0 rings (SSSR count). The van der Waals surface area contributed by atoms with Crippen LogP contribution in [0.1, 0.15) is 361 Å². The number of hydrogen-bond donors (Lipinski definition) is 0. The molecule has 6 nitrogen and oxygen atoms in total. The molecule has 0 spiro atoms. The number of esters is 3. The number of unbranched alkanes of at least 4 members (excludes halogenated alkanes) is 40. The molecule has 0 aromatic carbocycles. The zero-order valence-corrected chi connectivity index (χ0v) is 54.5. The Morgan fingerprint density at radius 2 is 0.476 bits per heavy atom. The van der Waals surface area contributed by atoms with Crippen molar-refractivity contribution in [1.29, 1.82) is 0 Å². The predicted molar refractivity (Wildman–Crippen MR) is 358 cm³/mol. The summed E-state index contributed by atoms with van der Waals surface area (Å²) in [6.07, 6.45) is 93.4. The van der Waals surface area contributed by atoms with Crippen molar-refractivity contribution in [3.8, 4) is 0 Å². The second-order valence-electron chi connectivity index (χ2n) is 23.8. The van der Waals surface area contributed by atoms with E-state index in [9.17, 15) is 14.4 Å². The van der Waals surface area contributed by atoms with E-state index in [4.69, 9.17) is 14.2 Å². The maximum atomic E-state index is 12.9. The lowest BCUT2D eigenvalue weighted by molar-refractivity contribution is -0.167. The van der Waals surface area contributed by atoms with E-state index in [1.165, 1.54) is 205 Å². The Bertz CT molecular complexity index is 1550. The summed E-state index contributed by atoms with van der Waals surface area (Å²) >= 11 is 0. The van der Waals surface area contributed by atoms with Gasteiger partial charge in [-0.25, -0.2) is 0 Å². The van der Waals surface area contributed by atoms with Crippen molar-refractivity contribution in [2.75, 3.05) is 13.2 Å². The Morgan fingerprint density at radius 1 is 0.256 bits per heavy atom. The zero-order chi connectivity index (χ0) is 59.2. The molecule has 0 fully saturated rings. The van der Waals surface area contributed by atoms with Gasteiger partial charge in [-0.1, -0.05) is 311 Å². The summed E-state index contributed by atoms with van der Waals surface area (Å²) in [5.41, 5.74) is 0. The van der Waals surface area contributed by atoms with Gasteiger partial charge in [0.05, 0.1) is 0 Å². The second kappa shape index (κ2) is 70.1. The van der Waals surface area contributed by atoms with Gasteiger partial charge in [-0.2, -0.15) is 0 Å². The lowest BCUT2D eigenvalue weighted by Crippen LogP contribution is -2.30. The molecule has 0 aromatic rings. The summed E-state index contributed by atoms with van der Waals surface area (Å²) in [7, 11) is 0. The van der Waals surface area contributed by atoms with E-state index in [-0.39, 0.29) is 31.1 Å². The molecule has 0 aliphatic heterocycles. The molecule has 0 aromatic heterocycles. The van der Waals surface area contributed by atoms with Crippen molar-refractivity contribution in [3.63, 3.8) is 0 Å². The van der Waals surface area contributed by atoms with Gasteiger partial charge in [0.1, 0.15) is 13.2 Å². The van der Waals surface area contributed by atoms with Crippen molar-refractivity contribution < 1.29 is 28.6 Å². The van der Waals surface area contributed by atoms with Crippen LogP contribution in [0.3, 0.4) is 0 Å². The number of allylic oxidation sites excluding steroid dienone is 14. The average Bonchev–Trinajstić information content (AvgIpc) is 3.47. The van der Waals surface area contributed by atoms with Crippen LogP contribution >= 0.6 is 0 Å². The average molecular weight is 1140 g/mol. The van der Waals surface area contributed by atoms with Crippen LogP contribution in [0.4, 0.5) is 0 Å². The number of rotatable bonds is 65. The van der Waals surface area contributed by atoms with E-state index in [2.05, 4.69) is 106 Å². The Kier molecular flexibility index (Phi) is 67.2. The van der Waals surface area contributed by atoms with Gasteiger partial charge >= 0.3 is 17.9 Å². The standard InChI is InChI=1S/C76H134O6/c1-4-7-10-13-16-19-22-25-27-29-31-33-34-35-36-37-38-39-40-41-42-44-45-47-49-51-54-57-60-63-66-69-75(78)81-72-73(71-80-74(77)68-65-62-59-56-53-24-21-18-15-12-9-6-3)82-76(79)70-67-64-61-58-55-52-50-48-46-43-32-30-28-26-23-20-17-14-11-8-5-2/h8,11,17-18,20-21,26,28-29,31-32,43,48,50,73H,4-7,9-10,12-16,19,22-25,27,30,33-42,44-47,49,51-72H2,1-3H3/b11-8-,20-17-,21-18-,28-26-,31-29-,43-32-,50-48-. The third-order valence-corrected chi connectivity index (χ3v) is 15.6. The van der Waals surface area contributed by atoms with Crippen molar-refractivity contribution in [2.45, 2.75) is 367 Å². The molecule has 1 unspecified atom stereocenters. The molecule has 0 heterocycles. The number of carbonyl (C=O) groups is 3. The van der Waals surface area contributed by atoms with Gasteiger partial charge in [0.2, 0.25) is 0 Å². The summed E-state index contributed by atoms with van der Waals surface area (Å²) < 4.78 is 16.9. The molecule has 0 bridgehead atoms. The molecule has 474 valence electrons. The summed E-state index contributed by atoms with van der Waals surface area (Å²) in [4.78, 5) is 38.4. The van der Waals surface area contributed by atoms with Crippen molar-refractivity contribution in [3.05, 3.63) is 85.1 Å². The van der Waals surface area contributed by atoms with E-state index >= 15 is 0 Å². The predicted octanol–water partition coefficient (Wildman–Crippen LogP) is 24.6. The third kappa shape index (κ3) is 67.4. The van der Waals surface area contributed by atoms with Crippen LogP contribution in [0.2, 0.25) is 0 Å². The van der Waals surface area contributed by atoms with Crippen LogP contribution in [-0.4, -0.2) is 37.2 Å². The Balaban J connectivity index is 4.20. The van der Waals surface area contributed by atoms with E-state index in [1.807, 2.05) is 0 Å². The minimum absolute atomic E-state index is 0.0846. The van der Waals surface area contributed by atoms with Crippen LogP contribution in [0, 0.1) is 0 Å². The van der Waals surface area contributed by atoms with Gasteiger partial charge in [-0.15, -0.1) is 0 Å². The van der Waals surface area contributed by atoms with E-state index in [1.54, 1.807) is 0 Å². The van der Waals surface area contributed by atoms with Gasteiger partial charge in [-0.05, 0) is 116 Å². The molecule has 6 heteroatoms. The van der Waals surface area contributed by atoms with Gasteiger partial charge < -0.3 is 14.2 Å². The first-order chi connectivity index (χ1) is 40.5. The zero-order valence-electron chi connectivity index (χ0n) is 54.5. The smallest absolute Gasteiger partial charge is 0.306 e. The maximum Gasteiger partial charge on any atom is 0.306 e. The van der Waals surface area contributed by atoms with Crippen LogP contribution in [0.25, 0.3) is 0 Å². The topological polar surface area (TPSA) is 78.9 Å². The maximum absolute atomic E-state index is 12.9. The molecule has 0 N–H and O–H groups in total. The molecule has 0 saturated carbocycles. The first-order valence-electron chi connectivity index (χ1n) is 35.6. The lowest BCUT2D eigenvalue weighted by Gasteiger charge is -2.18. The second-order valence-corrected chi connectivity index (χ2v) is 23.8. The normalized spacial score (nSPS) is 12.6. The van der Waals surface area contributed by atoms with Crippen LogP contribution in [-0.2, 0) is 28.6 Å². The number of hydrogen-bond acceptors (Lipinski definition) is 6. The highest BCUT2D eigenvalue weighted by Crippen LogP contribution is 2.18. The molecule has 82 heavy (non-hydrogen) atoms. The lowest BCUT2D eigenvalue weighted by atomic mass is 10.0. The molecule has 0 aliphatic carbocycles. The first kappa shape index (κ1) is 78.6. The summed E-state index contributed by atoms with van der Waals surface area (Å²) in [6, 6.07) is 0. The summed E-state index contributed by atoms with van der Waals surface area (Å²) in [5, 5.41) is 0. The minimum atomic E-state index is -0.791. The fourth-order valence-electron chi connectivity index (χ4n) is 10.3. The quantitative estimate of drug-likeness (QED) is 0.0261. The Morgan fingerprint density at radius 3 is 0.780 bits per heavy atom. The fraction of sp³-hybridized carbons (Fsp3) is 0.776. The molecule has 1 atom stereocenters. The molecule has 0 radical (unpaired) electrons. The third-order valence-electron chi connectivity index (χ3n) is 15.6. The molecule has 0 aliphatic rings. The van der Waals surface area contributed by atoms with Crippen LogP contribution in [0.15, 0.2) is 85.1 Å². The monoisotopic (exact) mass is 1140 g/mol. The van der Waals surface area contributed by atoms with Gasteiger partial charge in [0.25, 0.3) is 0 Å². The summed E-state index contributed by atoms with van der Waals surface area (Å²) in [6.45, 7) is 6.52. The van der Waals surface area contributed by atoms with Crippen molar-refractivity contribution >= 4 is 17.9 Å². The van der Waals surface area contributed by atoms with E-state index in [0.717, 1.165) is 116 Å². The Labute approximate surface area is 509 Å². The SMILES string of the molecule is CC/C=C\C/C=C\C/C=C\C/C=C\C/C=C\CCCCCCCC(=O)OC(COC(=O)CCCCCCC/C=C\CCCCC)COC(=O)CCCCCCCCCCCCCCCCCCCCC/C=C\CCCCCCCCCC. The van der Waals surface area contributed by atoms with Gasteiger partial charge in [-0.3, -0.25) is 14.4 Å². The minimum Gasteiger partial charge on any atom is -0.462 e. The Hall–Kier alpha value is -3.41. The van der Waals surface area contributed by atoms with Gasteiger partial charge in [0.15, 0.2) is 6.10 Å². The highest BCUT2D eigenvalue weighted by Gasteiger charge is 2.19. The van der Waals surface area contributed by atoms with Crippen LogP contribution < -0.4 is 0 Å². The number of ether oxygens (including phenoxy) is 3. The van der Waals surface area contributed by atoms with Crippen molar-refractivity contribution in [2.24, 2.45) is 0 Å². The van der Waals surface area contributed by atoms with Gasteiger partial charge in [0, 0.05) is 19.3 Å².